The Labute approximate surface area is 133 Å². The zero-order valence-corrected chi connectivity index (χ0v) is 12.4. The molecule has 0 bridgehead atoms. The summed E-state index contributed by atoms with van der Waals surface area (Å²) in [6, 6.07) is 4.02. The predicted octanol–water partition coefficient (Wildman–Crippen LogP) is 2.61. The van der Waals surface area contributed by atoms with Crippen LogP contribution >= 0.6 is 0 Å². The normalized spacial score (nSPS) is 12.9. The van der Waals surface area contributed by atoms with E-state index in [4.69, 9.17) is 0 Å². The SMILES string of the molecule is O=C(Nc1cnccn1)c1c[nH]c2c1-c1ncccc1CCC2. The number of amides is 1. The van der Waals surface area contributed by atoms with Crippen LogP contribution in [0.25, 0.3) is 11.3 Å². The van der Waals surface area contributed by atoms with E-state index in [2.05, 4.69) is 31.3 Å². The van der Waals surface area contributed by atoms with Gasteiger partial charge in [0.25, 0.3) is 5.91 Å². The van der Waals surface area contributed by atoms with E-state index in [1.165, 1.54) is 11.8 Å². The topological polar surface area (TPSA) is 83.6 Å². The van der Waals surface area contributed by atoms with Gasteiger partial charge in [-0.3, -0.25) is 14.8 Å². The third-order valence-corrected chi connectivity index (χ3v) is 4.01. The smallest absolute Gasteiger partial charge is 0.259 e. The summed E-state index contributed by atoms with van der Waals surface area (Å²) in [5.41, 5.74) is 4.63. The fourth-order valence-corrected chi connectivity index (χ4v) is 2.98. The molecule has 3 heterocycles. The monoisotopic (exact) mass is 305 g/mol. The van der Waals surface area contributed by atoms with Gasteiger partial charge in [0.05, 0.1) is 17.5 Å². The Bertz CT molecular complexity index is 856. The van der Waals surface area contributed by atoms with E-state index in [0.29, 0.717) is 11.4 Å². The van der Waals surface area contributed by atoms with Crippen LogP contribution in [-0.2, 0) is 12.8 Å². The van der Waals surface area contributed by atoms with Crippen molar-refractivity contribution in [2.45, 2.75) is 19.3 Å². The maximum Gasteiger partial charge on any atom is 0.259 e. The minimum absolute atomic E-state index is 0.207. The van der Waals surface area contributed by atoms with Gasteiger partial charge in [-0.2, -0.15) is 0 Å². The van der Waals surface area contributed by atoms with Crippen molar-refractivity contribution in [2.24, 2.45) is 0 Å². The van der Waals surface area contributed by atoms with Crippen molar-refractivity contribution in [1.82, 2.24) is 19.9 Å². The Morgan fingerprint density at radius 1 is 1.17 bits per heavy atom. The molecule has 0 unspecified atom stereocenters. The molecule has 3 aromatic heterocycles. The van der Waals surface area contributed by atoms with Gasteiger partial charge in [0.15, 0.2) is 5.82 Å². The van der Waals surface area contributed by atoms with Gasteiger partial charge in [0, 0.05) is 36.0 Å². The highest BCUT2D eigenvalue weighted by Crippen LogP contribution is 2.33. The number of nitrogens with zero attached hydrogens (tertiary/aromatic N) is 3. The van der Waals surface area contributed by atoms with Crippen LogP contribution in [-0.4, -0.2) is 25.8 Å². The number of carbonyl (C=O) groups is 1. The molecule has 1 aliphatic carbocycles. The number of rotatable bonds is 2. The van der Waals surface area contributed by atoms with Gasteiger partial charge in [0.2, 0.25) is 0 Å². The Morgan fingerprint density at radius 2 is 2.13 bits per heavy atom. The standard InChI is InChI=1S/C17H15N5O/c23-17(22-14-10-18-7-8-19-14)12-9-21-13-5-1-3-11-4-2-6-20-16(11)15(12)13/h2,4,6-10,21H,1,3,5H2,(H,19,22,23). The van der Waals surface area contributed by atoms with Crippen LogP contribution in [0.3, 0.4) is 0 Å². The van der Waals surface area contributed by atoms with Crippen LogP contribution in [0.5, 0.6) is 0 Å². The zero-order valence-electron chi connectivity index (χ0n) is 12.4. The van der Waals surface area contributed by atoms with Crippen molar-refractivity contribution in [3.05, 3.63) is 59.9 Å². The quantitative estimate of drug-likeness (QED) is 0.762. The summed E-state index contributed by atoms with van der Waals surface area (Å²) in [7, 11) is 0. The van der Waals surface area contributed by atoms with Crippen molar-refractivity contribution in [3.63, 3.8) is 0 Å². The lowest BCUT2D eigenvalue weighted by Crippen LogP contribution is -2.13. The number of aromatic amines is 1. The van der Waals surface area contributed by atoms with E-state index in [-0.39, 0.29) is 5.91 Å². The Morgan fingerprint density at radius 3 is 3.00 bits per heavy atom. The minimum atomic E-state index is -0.207. The number of H-pyrrole nitrogens is 1. The summed E-state index contributed by atoms with van der Waals surface area (Å²) < 4.78 is 0. The van der Waals surface area contributed by atoms with Gasteiger partial charge < -0.3 is 10.3 Å². The van der Waals surface area contributed by atoms with E-state index in [1.807, 2.05) is 6.07 Å². The molecule has 0 atom stereocenters. The second kappa shape index (κ2) is 5.64. The highest BCUT2D eigenvalue weighted by molar-refractivity contribution is 6.08. The molecule has 0 radical (unpaired) electrons. The van der Waals surface area contributed by atoms with Crippen LogP contribution in [0.15, 0.2) is 43.1 Å². The third-order valence-electron chi connectivity index (χ3n) is 4.01. The van der Waals surface area contributed by atoms with Gasteiger partial charge in [-0.1, -0.05) is 6.07 Å². The Kier molecular flexibility index (Phi) is 3.34. The van der Waals surface area contributed by atoms with E-state index >= 15 is 0 Å². The van der Waals surface area contributed by atoms with E-state index in [0.717, 1.165) is 36.2 Å². The first-order valence-corrected chi connectivity index (χ1v) is 7.55. The number of hydrogen-bond donors (Lipinski definition) is 2. The molecule has 0 aliphatic heterocycles. The van der Waals surface area contributed by atoms with Crippen LogP contribution in [0.1, 0.15) is 28.0 Å². The largest absolute Gasteiger partial charge is 0.364 e. The van der Waals surface area contributed by atoms with Crippen molar-refractivity contribution in [2.75, 3.05) is 5.32 Å². The van der Waals surface area contributed by atoms with E-state index in [9.17, 15) is 4.79 Å². The molecule has 0 saturated carbocycles. The number of aryl methyl sites for hydroxylation is 2. The second-order valence-electron chi connectivity index (χ2n) is 5.47. The van der Waals surface area contributed by atoms with Crippen molar-refractivity contribution >= 4 is 11.7 Å². The predicted molar refractivity (Wildman–Crippen MR) is 86.0 cm³/mol. The molecule has 1 aliphatic rings. The highest BCUT2D eigenvalue weighted by Gasteiger charge is 2.24. The maximum atomic E-state index is 12.6. The Balaban J connectivity index is 1.76. The molecule has 0 spiro atoms. The summed E-state index contributed by atoms with van der Waals surface area (Å²) in [5.74, 6) is 0.226. The van der Waals surface area contributed by atoms with Gasteiger partial charge in [-0.05, 0) is 30.9 Å². The number of pyridine rings is 1. The second-order valence-corrected chi connectivity index (χ2v) is 5.47. The maximum absolute atomic E-state index is 12.6. The molecule has 6 heteroatoms. The molecule has 1 amide bonds. The molecule has 2 N–H and O–H groups in total. The number of anilines is 1. The van der Waals surface area contributed by atoms with Gasteiger partial charge in [0.1, 0.15) is 0 Å². The average Bonchev–Trinajstić information content (AvgIpc) is 2.92. The fourth-order valence-electron chi connectivity index (χ4n) is 2.98. The van der Waals surface area contributed by atoms with E-state index < -0.39 is 0 Å². The molecule has 0 fully saturated rings. The first-order chi connectivity index (χ1) is 11.3. The van der Waals surface area contributed by atoms with Crippen LogP contribution in [0.2, 0.25) is 0 Å². The van der Waals surface area contributed by atoms with Gasteiger partial charge in [-0.25, -0.2) is 4.98 Å². The number of hydrogen-bond acceptors (Lipinski definition) is 4. The number of fused-ring (bicyclic) bond motifs is 3. The summed E-state index contributed by atoms with van der Waals surface area (Å²) in [4.78, 5) is 28.4. The van der Waals surface area contributed by atoms with Gasteiger partial charge >= 0.3 is 0 Å². The zero-order chi connectivity index (χ0) is 15.6. The molecule has 3 aromatic rings. The Hall–Kier alpha value is -3.02. The lowest BCUT2D eigenvalue weighted by atomic mass is 10.0. The first kappa shape index (κ1) is 13.6. The van der Waals surface area contributed by atoms with Crippen LogP contribution in [0, 0.1) is 0 Å². The highest BCUT2D eigenvalue weighted by atomic mass is 16.1. The average molecular weight is 305 g/mol. The lowest BCUT2D eigenvalue weighted by molar-refractivity contribution is 0.102. The fraction of sp³-hybridized carbons (Fsp3) is 0.176. The summed E-state index contributed by atoms with van der Waals surface area (Å²) in [6.45, 7) is 0. The number of carbonyl (C=O) groups excluding carboxylic acids is 1. The summed E-state index contributed by atoms with van der Waals surface area (Å²) in [6.07, 6.45) is 11.1. The van der Waals surface area contributed by atoms with Crippen molar-refractivity contribution in [3.8, 4) is 11.3 Å². The molecule has 4 rings (SSSR count). The van der Waals surface area contributed by atoms with Gasteiger partial charge in [-0.15, -0.1) is 0 Å². The molecular weight excluding hydrogens is 290 g/mol. The third kappa shape index (κ3) is 2.48. The number of aromatic nitrogens is 4. The van der Waals surface area contributed by atoms with Crippen molar-refractivity contribution in [1.29, 1.82) is 0 Å². The molecular formula is C17H15N5O. The molecule has 23 heavy (non-hydrogen) atoms. The minimum Gasteiger partial charge on any atom is -0.364 e. The van der Waals surface area contributed by atoms with E-state index in [1.54, 1.807) is 24.8 Å². The summed E-state index contributed by atoms with van der Waals surface area (Å²) in [5, 5.41) is 2.79. The van der Waals surface area contributed by atoms with Crippen molar-refractivity contribution < 1.29 is 4.79 Å². The molecule has 6 nitrogen and oxygen atoms in total. The molecule has 0 aromatic carbocycles. The molecule has 0 saturated heterocycles. The summed E-state index contributed by atoms with van der Waals surface area (Å²) >= 11 is 0. The molecule has 114 valence electrons. The lowest BCUT2D eigenvalue weighted by Gasteiger charge is -2.08. The first-order valence-electron chi connectivity index (χ1n) is 7.55. The van der Waals surface area contributed by atoms with Crippen LogP contribution in [0.4, 0.5) is 5.82 Å². The van der Waals surface area contributed by atoms with Crippen LogP contribution < -0.4 is 5.32 Å². The number of nitrogens with one attached hydrogen (secondary N) is 2.